The number of aryl methyl sites for hydroxylation is 1. The molecule has 2 aromatic carbocycles. The van der Waals surface area contributed by atoms with Crippen molar-refractivity contribution in [3.63, 3.8) is 0 Å². The van der Waals surface area contributed by atoms with Gasteiger partial charge in [-0.25, -0.2) is 0 Å². The Morgan fingerprint density at radius 3 is 2.61 bits per heavy atom. The van der Waals surface area contributed by atoms with E-state index in [2.05, 4.69) is 35.0 Å². The Kier molecular flexibility index (Phi) is 5.46. The Labute approximate surface area is 165 Å². The lowest BCUT2D eigenvalue weighted by Crippen LogP contribution is -2.43. The average molecular weight is 377 g/mol. The second-order valence-corrected chi connectivity index (χ2v) is 7.48. The van der Waals surface area contributed by atoms with E-state index in [4.69, 9.17) is 4.74 Å². The highest BCUT2D eigenvalue weighted by Gasteiger charge is 2.26. The van der Waals surface area contributed by atoms with Gasteiger partial charge >= 0.3 is 0 Å². The van der Waals surface area contributed by atoms with Crippen LogP contribution in [0, 0.1) is 6.92 Å². The first-order valence-electron chi connectivity index (χ1n) is 9.84. The van der Waals surface area contributed by atoms with Crippen LogP contribution in [-0.4, -0.2) is 60.6 Å². The molecule has 5 heteroatoms. The number of ether oxygens (including phenoxy) is 1. The normalized spacial score (nSPS) is 16.2. The number of carbonyl (C=O) groups is 1. The average Bonchev–Trinajstić information content (AvgIpc) is 3.18. The minimum absolute atomic E-state index is 0.0118. The van der Waals surface area contributed by atoms with Crippen LogP contribution in [0.1, 0.15) is 27.7 Å². The van der Waals surface area contributed by atoms with Gasteiger partial charge in [0, 0.05) is 37.6 Å². The number of aromatic nitrogens is 1. The van der Waals surface area contributed by atoms with Gasteiger partial charge in [0.2, 0.25) is 0 Å². The van der Waals surface area contributed by atoms with Crippen LogP contribution in [-0.2, 0) is 4.74 Å². The molecule has 146 valence electrons. The molecule has 1 unspecified atom stereocenters. The smallest absolute Gasteiger partial charge is 0.270 e. The van der Waals surface area contributed by atoms with Crippen LogP contribution in [0.15, 0.2) is 54.6 Å². The monoisotopic (exact) mass is 377 g/mol. The van der Waals surface area contributed by atoms with Gasteiger partial charge in [-0.2, -0.15) is 0 Å². The van der Waals surface area contributed by atoms with Gasteiger partial charge in [-0.15, -0.1) is 0 Å². The first-order valence-corrected chi connectivity index (χ1v) is 9.84. The number of likely N-dealkylation sites (N-methyl/N-ethyl adjacent to an activating group) is 1. The molecular formula is C23H27N3O2. The zero-order valence-corrected chi connectivity index (χ0v) is 16.5. The minimum atomic E-state index is -0.0145. The van der Waals surface area contributed by atoms with Crippen molar-refractivity contribution in [2.75, 3.05) is 39.9 Å². The zero-order chi connectivity index (χ0) is 19.5. The Balaban J connectivity index is 1.62. The van der Waals surface area contributed by atoms with Crippen molar-refractivity contribution < 1.29 is 9.53 Å². The Morgan fingerprint density at radius 2 is 1.89 bits per heavy atom. The van der Waals surface area contributed by atoms with Crippen molar-refractivity contribution in [2.45, 2.75) is 13.0 Å². The lowest BCUT2D eigenvalue weighted by atomic mass is 10.0. The van der Waals surface area contributed by atoms with E-state index in [0.29, 0.717) is 5.69 Å². The number of benzene rings is 2. The van der Waals surface area contributed by atoms with Crippen molar-refractivity contribution >= 4 is 16.8 Å². The lowest BCUT2D eigenvalue weighted by Gasteiger charge is -2.35. The molecule has 1 atom stereocenters. The number of hydrogen-bond acceptors (Lipinski definition) is 3. The maximum atomic E-state index is 13.3. The summed E-state index contributed by atoms with van der Waals surface area (Å²) in [6.07, 6.45) is 0. The van der Waals surface area contributed by atoms with E-state index in [0.717, 1.165) is 54.9 Å². The van der Waals surface area contributed by atoms with Crippen molar-refractivity contribution in [2.24, 2.45) is 0 Å². The van der Waals surface area contributed by atoms with E-state index in [1.54, 1.807) is 0 Å². The van der Waals surface area contributed by atoms with Gasteiger partial charge in [-0.05, 0) is 24.1 Å². The summed E-state index contributed by atoms with van der Waals surface area (Å²) in [5.74, 6) is 0.0118. The van der Waals surface area contributed by atoms with Gasteiger partial charge in [-0.1, -0.05) is 48.5 Å². The summed E-state index contributed by atoms with van der Waals surface area (Å²) in [5.41, 5.74) is 3.96. The number of para-hydroxylation sites is 1. The number of H-pyrrole nitrogens is 1. The Bertz CT molecular complexity index is 945. The van der Waals surface area contributed by atoms with E-state index in [1.165, 1.54) is 0 Å². The number of nitrogens with zero attached hydrogens (tertiary/aromatic N) is 2. The molecule has 0 spiro atoms. The van der Waals surface area contributed by atoms with Crippen molar-refractivity contribution in [3.05, 3.63) is 71.4 Å². The highest BCUT2D eigenvalue weighted by atomic mass is 16.5. The van der Waals surface area contributed by atoms with Gasteiger partial charge in [0.1, 0.15) is 5.69 Å². The summed E-state index contributed by atoms with van der Waals surface area (Å²) in [4.78, 5) is 20.9. The van der Waals surface area contributed by atoms with Gasteiger partial charge in [0.25, 0.3) is 5.91 Å². The van der Waals surface area contributed by atoms with E-state index < -0.39 is 0 Å². The third-order valence-corrected chi connectivity index (χ3v) is 5.60. The molecule has 0 bridgehead atoms. The molecule has 2 heterocycles. The first kappa shape index (κ1) is 18.7. The summed E-state index contributed by atoms with van der Waals surface area (Å²) in [5, 5.41) is 1.07. The molecule has 1 aliphatic rings. The van der Waals surface area contributed by atoms with Gasteiger partial charge in [-0.3, -0.25) is 9.69 Å². The third kappa shape index (κ3) is 3.81. The van der Waals surface area contributed by atoms with Crippen LogP contribution >= 0.6 is 0 Å². The number of nitrogens with one attached hydrogen (secondary N) is 1. The summed E-state index contributed by atoms with van der Waals surface area (Å²) >= 11 is 0. The van der Waals surface area contributed by atoms with Crippen molar-refractivity contribution in [1.82, 2.24) is 14.8 Å². The fourth-order valence-corrected chi connectivity index (χ4v) is 3.91. The fourth-order valence-electron chi connectivity index (χ4n) is 3.91. The molecule has 1 N–H and O–H groups in total. The molecule has 1 saturated heterocycles. The molecule has 1 aliphatic heterocycles. The Morgan fingerprint density at radius 1 is 1.14 bits per heavy atom. The topological polar surface area (TPSA) is 48.6 Å². The SMILES string of the molecule is Cc1cccc2cc(C(=O)N(C)C(CN3CCOCC3)c3ccccc3)[nH]c12. The molecule has 3 aromatic rings. The molecule has 1 aromatic heterocycles. The number of hydrogen-bond donors (Lipinski definition) is 1. The predicted octanol–water partition coefficient (Wildman–Crippen LogP) is 3.62. The number of rotatable bonds is 5. The zero-order valence-electron chi connectivity index (χ0n) is 16.5. The van der Waals surface area contributed by atoms with Gasteiger partial charge in [0.15, 0.2) is 0 Å². The predicted molar refractivity (Wildman–Crippen MR) is 112 cm³/mol. The lowest BCUT2D eigenvalue weighted by molar-refractivity contribution is 0.0240. The number of aromatic amines is 1. The molecule has 1 fully saturated rings. The molecule has 28 heavy (non-hydrogen) atoms. The number of carbonyl (C=O) groups excluding carboxylic acids is 1. The number of amides is 1. The maximum Gasteiger partial charge on any atom is 0.270 e. The number of fused-ring (bicyclic) bond motifs is 1. The number of morpholine rings is 1. The molecule has 0 radical (unpaired) electrons. The molecule has 0 aliphatic carbocycles. The standard InChI is InChI=1S/C23H27N3O2/c1-17-7-6-10-19-15-20(24-22(17)19)23(27)25(2)21(18-8-4-3-5-9-18)16-26-11-13-28-14-12-26/h3-10,15,21,24H,11-14,16H2,1-2H3. The van der Waals surface area contributed by atoms with Crippen LogP contribution in [0.3, 0.4) is 0 Å². The Hall–Kier alpha value is -2.63. The fraction of sp³-hybridized carbons (Fsp3) is 0.348. The van der Waals surface area contributed by atoms with Crippen LogP contribution in [0.25, 0.3) is 10.9 Å². The molecule has 5 nitrogen and oxygen atoms in total. The highest BCUT2D eigenvalue weighted by molar-refractivity contribution is 5.98. The highest BCUT2D eigenvalue weighted by Crippen LogP contribution is 2.25. The van der Waals surface area contributed by atoms with Crippen molar-refractivity contribution in [1.29, 1.82) is 0 Å². The van der Waals surface area contributed by atoms with E-state index >= 15 is 0 Å². The van der Waals surface area contributed by atoms with Crippen molar-refractivity contribution in [3.8, 4) is 0 Å². The van der Waals surface area contributed by atoms with E-state index in [1.807, 2.05) is 48.3 Å². The quantitative estimate of drug-likeness (QED) is 0.739. The van der Waals surface area contributed by atoms with E-state index in [9.17, 15) is 4.79 Å². The second-order valence-electron chi connectivity index (χ2n) is 7.48. The molecule has 4 rings (SSSR count). The largest absolute Gasteiger partial charge is 0.379 e. The van der Waals surface area contributed by atoms with Crippen LogP contribution in [0.5, 0.6) is 0 Å². The summed E-state index contributed by atoms with van der Waals surface area (Å²) in [6.45, 7) is 6.16. The summed E-state index contributed by atoms with van der Waals surface area (Å²) in [6, 6.07) is 18.3. The molecular weight excluding hydrogens is 350 g/mol. The van der Waals surface area contributed by atoms with Crippen LogP contribution < -0.4 is 0 Å². The molecule has 0 saturated carbocycles. The summed E-state index contributed by atoms with van der Waals surface area (Å²) < 4.78 is 5.48. The third-order valence-electron chi connectivity index (χ3n) is 5.60. The van der Waals surface area contributed by atoms with E-state index in [-0.39, 0.29) is 11.9 Å². The maximum absolute atomic E-state index is 13.3. The minimum Gasteiger partial charge on any atom is -0.379 e. The van der Waals surface area contributed by atoms with Gasteiger partial charge < -0.3 is 14.6 Å². The second kappa shape index (κ2) is 8.17. The first-order chi connectivity index (χ1) is 13.6. The van der Waals surface area contributed by atoms with Gasteiger partial charge in [0.05, 0.1) is 19.3 Å². The summed E-state index contributed by atoms with van der Waals surface area (Å²) in [7, 11) is 1.90. The van der Waals surface area contributed by atoms with Crippen LogP contribution in [0.4, 0.5) is 0 Å². The van der Waals surface area contributed by atoms with Crippen LogP contribution in [0.2, 0.25) is 0 Å². The molecule has 1 amide bonds.